The van der Waals surface area contributed by atoms with Gasteiger partial charge in [0.2, 0.25) is 5.91 Å². The lowest BCUT2D eigenvalue weighted by molar-refractivity contribution is -0.139. The SMILES string of the molecule is COCC(C)(CC(=O)O)NC(=O)C=Cc1nc2ccccc2s1. The van der Waals surface area contributed by atoms with Crippen LogP contribution < -0.4 is 5.32 Å². The summed E-state index contributed by atoms with van der Waals surface area (Å²) in [5.41, 5.74) is -0.0806. The topological polar surface area (TPSA) is 88.5 Å². The van der Waals surface area contributed by atoms with Gasteiger partial charge in [-0.25, -0.2) is 4.98 Å². The number of fused-ring (bicyclic) bond motifs is 1. The van der Waals surface area contributed by atoms with E-state index < -0.39 is 11.5 Å². The number of thiazole rings is 1. The maximum absolute atomic E-state index is 12.0. The minimum absolute atomic E-state index is 0.111. The van der Waals surface area contributed by atoms with E-state index in [1.807, 2.05) is 24.3 Å². The smallest absolute Gasteiger partial charge is 0.305 e. The number of carbonyl (C=O) groups is 2. The number of amides is 1. The predicted molar refractivity (Wildman–Crippen MR) is 89.3 cm³/mol. The van der Waals surface area contributed by atoms with E-state index in [-0.39, 0.29) is 18.9 Å². The van der Waals surface area contributed by atoms with Crippen LogP contribution in [0.1, 0.15) is 18.4 Å². The van der Waals surface area contributed by atoms with Gasteiger partial charge < -0.3 is 15.2 Å². The van der Waals surface area contributed by atoms with Crippen LogP contribution in [0.2, 0.25) is 0 Å². The molecule has 0 bridgehead atoms. The molecule has 23 heavy (non-hydrogen) atoms. The Morgan fingerprint density at radius 1 is 1.43 bits per heavy atom. The molecule has 0 aliphatic carbocycles. The van der Waals surface area contributed by atoms with Gasteiger partial charge in [0.15, 0.2) is 0 Å². The van der Waals surface area contributed by atoms with E-state index in [2.05, 4.69) is 10.3 Å². The number of carbonyl (C=O) groups excluding carboxylic acids is 1. The second-order valence-corrected chi connectivity index (χ2v) is 6.47. The van der Waals surface area contributed by atoms with Crippen LogP contribution in [0.4, 0.5) is 0 Å². The average Bonchev–Trinajstić information content (AvgIpc) is 2.87. The molecule has 1 unspecified atom stereocenters. The van der Waals surface area contributed by atoms with Gasteiger partial charge in [-0.05, 0) is 25.1 Å². The van der Waals surface area contributed by atoms with Crippen LogP contribution in [-0.4, -0.2) is 41.2 Å². The van der Waals surface area contributed by atoms with Crippen molar-refractivity contribution < 1.29 is 19.4 Å². The third-order valence-corrected chi connectivity index (χ3v) is 4.12. The minimum Gasteiger partial charge on any atom is -0.481 e. The van der Waals surface area contributed by atoms with E-state index in [0.29, 0.717) is 5.01 Å². The van der Waals surface area contributed by atoms with Crippen molar-refractivity contribution >= 4 is 39.5 Å². The van der Waals surface area contributed by atoms with Gasteiger partial charge in [0.1, 0.15) is 5.01 Å². The first-order valence-corrected chi connectivity index (χ1v) is 7.80. The summed E-state index contributed by atoms with van der Waals surface area (Å²) in [6.45, 7) is 1.74. The van der Waals surface area contributed by atoms with Gasteiger partial charge in [-0.2, -0.15) is 0 Å². The fourth-order valence-corrected chi connectivity index (χ4v) is 3.10. The number of carboxylic acid groups (broad SMARTS) is 1. The molecule has 0 fully saturated rings. The molecule has 122 valence electrons. The van der Waals surface area contributed by atoms with Crippen molar-refractivity contribution in [2.75, 3.05) is 13.7 Å². The first-order chi connectivity index (χ1) is 10.9. The molecule has 2 aromatic rings. The Balaban J connectivity index is 2.06. The standard InChI is InChI=1S/C16H18N2O4S/c1-16(10-22-2,9-15(20)21)18-13(19)7-8-14-17-11-5-3-4-6-12(11)23-14/h3-8H,9-10H2,1-2H3,(H,18,19)(H,20,21). The van der Waals surface area contributed by atoms with E-state index >= 15 is 0 Å². The van der Waals surface area contributed by atoms with Crippen molar-refractivity contribution in [3.8, 4) is 0 Å². The minimum atomic E-state index is -1.000. The molecule has 1 aromatic carbocycles. The highest BCUT2D eigenvalue weighted by Gasteiger charge is 2.28. The number of methoxy groups -OCH3 is 1. The Bertz CT molecular complexity index is 708. The molecular weight excluding hydrogens is 316 g/mol. The summed E-state index contributed by atoms with van der Waals surface area (Å²) in [6, 6.07) is 7.71. The second-order valence-electron chi connectivity index (χ2n) is 5.41. The van der Waals surface area contributed by atoms with Gasteiger partial charge in [0.25, 0.3) is 0 Å². The number of aliphatic carboxylic acids is 1. The number of nitrogens with zero attached hydrogens (tertiary/aromatic N) is 1. The summed E-state index contributed by atoms with van der Waals surface area (Å²) in [6.07, 6.45) is 2.75. The van der Waals surface area contributed by atoms with E-state index in [1.54, 1.807) is 13.0 Å². The molecule has 2 N–H and O–H groups in total. The maximum Gasteiger partial charge on any atom is 0.305 e. The highest BCUT2D eigenvalue weighted by Crippen LogP contribution is 2.22. The Morgan fingerprint density at radius 2 is 2.17 bits per heavy atom. The molecular formula is C16H18N2O4S. The Kier molecular flexibility index (Phi) is 5.46. The number of nitrogens with one attached hydrogen (secondary N) is 1. The fraction of sp³-hybridized carbons (Fsp3) is 0.312. The van der Waals surface area contributed by atoms with Crippen LogP contribution in [0.3, 0.4) is 0 Å². The van der Waals surface area contributed by atoms with Crippen LogP contribution in [0, 0.1) is 0 Å². The van der Waals surface area contributed by atoms with Crippen LogP contribution >= 0.6 is 11.3 Å². The highest BCUT2D eigenvalue weighted by atomic mass is 32.1. The number of rotatable bonds is 7. The van der Waals surface area contributed by atoms with Gasteiger partial charge in [-0.3, -0.25) is 9.59 Å². The van der Waals surface area contributed by atoms with Crippen molar-refractivity contribution in [1.29, 1.82) is 0 Å². The average molecular weight is 334 g/mol. The van der Waals surface area contributed by atoms with E-state index in [4.69, 9.17) is 9.84 Å². The fourth-order valence-electron chi connectivity index (χ4n) is 2.23. The van der Waals surface area contributed by atoms with Gasteiger partial charge >= 0.3 is 5.97 Å². The zero-order chi connectivity index (χ0) is 16.9. The summed E-state index contributed by atoms with van der Waals surface area (Å²) >= 11 is 1.48. The van der Waals surface area contributed by atoms with E-state index in [1.165, 1.54) is 24.5 Å². The number of ether oxygens (including phenoxy) is 1. The summed E-state index contributed by atoms with van der Waals surface area (Å²) in [5, 5.41) is 12.3. The maximum atomic E-state index is 12.0. The summed E-state index contributed by atoms with van der Waals surface area (Å²) in [7, 11) is 1.46. The van der Waals surface area contributed by atoms with Crippen LogP contribution in [0.25, 0.3) is 16.3 Å². The summed E-state index contributed by atoms with van der Waals surface area (Å²) < 4.78 is 6.04. The Hall–Kier alpha value is -2.25. The number of carboxylic acids is 1. The predicted octanol–water partition coefficient (Wildman–Crippen LogP) is 2.31. The Labute approximate surface area is 137 Å². The van der Waals surface area contributed by atoms with Crippen molar-refractivity contribution in [1.82, 2.24) is 10.3 Å². The molecule has 0 spiro atoms. The first kappa shape index (κ1) is 17.1. The van der Waals surface area contributed by atoms with Crippen molar-refractivity contribution in [2.24, 2.45) is 0 Å². The molecule has 0 radical (unpaired) electrons. The normalized spacial score (nSPS) is 14.0. The molecule has 0 saturated heterocycles. The molecule has 7 heteroatoms. The number of para-hydroxylation sites is 1. The molecule has 0 aliphatic rings. The van der Waals surface area contributed by atoms with Crippen LogP contribution in [-0.2, 0) is 14.3 Å². The Morgan fingerprint density at radius 3 is 2.83 bits per heavy atom. The number of hydrogen-bond donors (Lipinski definition) is 2. The van der Waals surface area contributed by atoms with Crippen LogP contribution in [0.5, 0.6) is 0 Å². The monoisotopic (exact) mass is 334 g/mol. The lowest BCUT2D eigenvalue weighted by Gasteiger charge is -2.27. The molecule has 0 aliphatic heterocycles. The third-order valence-electron chi connectivity index (χ3n) is 3.12. The van der Waals surface area contributed by atoms with Gasteiger partial charge in [-0.1, -0.05) is 12.1 Å². The van der Waals surface area contributed by atoms with E-state index in [0.717, 1.165) is 10.2 Å². The number of aromatic nitrogens is 1. The van der Waals surface area contributed by atoms with E-state index in [9.17, 15) is 9.59 Å². The second kappa shape index (κ2) is 7.34. The first-order valence-electron chi connectivity index (χ1n) is 6.98. The van der Waals surface area contributed by atoms with Gasteiger partial charge in [0.05, 0.1) is 28.8 Å². The lowest BCUT2D eigenvalue weighted by atomic mass is 9.99. The lowest BCUT2D eigenvalue weighted by Crippen LogP contribution is -2.50. The molecule has 2 rings (SSSR count). The largest absolute Gasteiger partial charge is 0.481 e. The van der Waals surface area contributed by atoms with Crippen molar-refractivity contribution in [3.05, 3.63) is 35.3 Å². The summed E-state index contributed by atoms with van der Waals surface area (Å²) in [5.74, 6) is -1.38. The highest BCUT2D eigenvalue weighted by molar-refractivity contribution is 7.19. The quantitative estimate of drug-likeness (QED) is 0.759. The zero-order valence-electron chi connectivity index (χ0n) is 12.9. The van der Waals surface area contributed by atoms with Crippen LogP contribution in [0.15, 0.2) is 30.3 Å². The molecule has 0 saturated carbocycles. The van der Waals surface area contributed by atoms with Gasteiger partial charge in [-0.15, -0.1) is 11.3 Å². The number of hydrogen-bond acceptors (Lipinski definition) is 5. The molecule has 1 amide bonds. The molecule has 1 aromatic heterocycles. The summed E-state index contributed by atoms with van der Waals surface area (Å²) in [4.78, 5) is 27.3. The molecule has 1 heterocycles. The number of benzene rings is 1. The van der Waals surface area contributed by atoms with Crippen molar-refractivity contribution in [2.45, 2.75) is 18.9 Å². The van der Waals surface area contributed by atoms with Crippen molar-refractivity contribution in [3.63, 3.8) is 0 Å². The van der Waals surface area contributed by atoms with Gasteiger partial charge in [0, 0.05) is 13.2 Å². The zero-order valence-corrected chi connectivity index (χ0v) is 13.7. The molecule has 6 nitrogen and oxygen atoms in total. The molecule has 1 atom stereocenters. The third kappa shape index (κ3) is 4.87.